The van der Waals surface area contributed by atoms with E-state index in [-0.39, 0.29) is 47.2 Å². The van der Waals surface area contributed by atoms with E-state index in [0.717, 1.165) is 70.6 Å². The van der Waals surface area contributed by atoms with Gasteiger partial charge in [0.05, 0.1) is 12.2 Å². The highest BCUT2D eigenvalue weighted by Crippen LogP contribution is 2.43. The first kappa shape index (κ1) is 36.5. The van der Waals surface area contributed by atoms with Gasteiger partial charge < -0.3 is 26.2 Å². The van der Waals surface area contributed by atoms with Gasteiger partial charge in [0.15, 0.2) is 0 Å². The standard InChI is InChI=1S/C37H55N7O5/c1-6-11-27(22(2)32(45)40-25-16-17-25)41-35(48)30-26-15-10-14-24(26)21-44(30)36(49)31(37(3,4)5)43-34(47)29(23-12-8-7-9-13-23)42-33(46)28-20-38-18-19-39-28/h18-20,23-27,29-31H,2,6-17,21H2,1,3-5H3,(H,40,45)(H,41,48)(H,42,46)(H,43,47)/t24-,26-,27-,29-,30-,31+/m0/s1. The molecular formula is C37H55N7O5. The van der Waals surface area contributed by atoms with Gasteiger partial charge in [-0.15, -0.1) is 0 Å². The molecule has 0 unspecified atom stereocenters. The lowest BCUT2D eigenvalue weighted by Gasteiger charge is -2.38. The first-order chi connectivity index (χ1) is 23.4. The van der Waals surface area contributed by atoms with Crippen molar-refractivity contribution in [2.45, 2.75) is 135 Å². The zero-order chi connectivity index (χ0) is 35.3. The lowest BCUT2D eigenvalue weighted by atomic mass is 9.82. The van der Waals surface area contributed by atoms with E-state index < -0.39 is 41.4 Å². The summed E-state index contributed by atoms with van der Waals surface area (Å²) in [6.45, 7) is 12.2. The third-order valence-electron chi connectivity index (χ3n) is 10.8. The summed E-state index contributed by atoms with van der Waals surface area (Å²) >= 11 is 0. The van der Waals surface area contributed by atoms with E-state index in [2.05, 4.69) is 37.8 Å². The molecule has 12 nitrogen and oxygen atoms in total. The number of carbonyl (C=O) groups is 5. The molecule has 2 heterocycles. The fourth-order valence-electron chi connectivity index (χ4n) is 7.95. The molecule has 49 heavy (non-hydrogen) atoms. The van der Waals surface area contributed by atoms with Gasteiger partial charge in [0, 0.05) is 30.6 Å². The normalized spacial score (nSPS) is 24.2. The van der Waals surface area contributed by atoms with Gasteiger partial charge >= 0.3 is 0 Å². The van der Waals surface area contributed by atoms with Crippen LogP contribution in [0.4, 0.5) is 0 Å². The van der Waals surface area contributed by atoms with E-state index in [1.54, 1.807) is 4.90 Å². The quantitative estimate of drug-likeness (QED) is 0.233. The molecule has 0 radical (unpaired) electrons. The van der Waals surface area contributed by atoms with Crippen molar-refractivity contribution in [3.8, 4) is 0 Å². The van der Waals surface area contributed by atoms with Gasteiger partial charge in [-0.1, -0.05) is 66.4 Å². The lowest BCUT2D eigenvalue weighted by Crippen LogP contribution is -2.62. The maximum Gasteiger partial charge on any atom is 0.272 e. The Morgan fingerprint density at radius 3 is 2.31 bits per heavy atom. The summed E-state index contributed by atoms with van der Waals surface area (Å²) in [5, 5.41) is 12.0. The topological polar surface area (TPSA) is 162 Å². The molecule has 12 heteroatoms. The number of likely N-dealkylation sites (tertiary alicyclic amines) is 1. The third-order valence-corrected chi connectivity index (χ3v) is 10.8. The zero-order valence-electron chi connectivity index (χ0n) is 29.6. The van der Waals surface area contributed by atoms with Gasteiger partial charge in [-0.25, -0.2) is 4.98 Å². The SMILES string of the molecule is C=C(C(=O)NC1CC1)[C@H](CCC)NC(=O)[C@@H]1[C@H]2CCC[C@H]2CN1C(=O)[C@@H](NC(=O)[C@@H](NC(=O)c1cnccn1)C1CCCCC1)C(C)(C)C. The number of nitrogens with one attached hydrogen (secondary N) is 4. The third kappa shape index (κ3) is 8.86. The average molecular weight is 678 g/mol. The second kappa shape index (κ2) is 15.8. The molecule has 6 atom stereocenters. The molecule has 1 aliphatic heterocycles. The molecule has 3 aliphatic carbocycles. The Balaban J connectivity index is 1.36. The van der Waals surface area contributed by atoms with Crippen molar-refractivity contribution >= 4 is 29.5 Å². The number of hydrogen-bond donors (Lipinski definition) is 4. The number of rotatable bonds is 13. The summed E-state index contributed by atoms with van der Waals surface area (Å²) in [7, 11) is 0. The van der Waals surface area contributed by atoms with Gasteiger partial charge in [0.1, 0.15) is 23.8 Å². The van der Waals surface area contributed by atoms with Crippen LogP contribution in [0.3, 0.4) is 0 Å². The maximum absolute atomic E-state index is 14.6. The summed E-state index contributed by atoms with van der Waals surface area (Å²) in [6, 6.07) is -2.88. The van der Waals surface area contributed by atoms with Crippen LogP contribution >= 0.6 is 0 Å². The molecule has 5 amide bonds. The molecule has 0 bridgehead atoms. The van der Waals surface area contributed by atoms with E-state index in [4.69, 9.17) is 0 Å². The number of nitrogens with zero attached hydrogens (tertiary/aromatic N) is 3. The van der Waals surface area contributed by atoms with Crippen molar-refractivity contribution in [1.82, 2.24) is 36.1 Å². The highest BCUT2D eigenvalue weighted by Gasteiger charge is 2.52. The Morgan fingerprint density at radius 2 is 1.67 bits per heavy atom. The van der Waals surface area contributed by atoms with Gasteiger partial charge in [-0.3, -0.25) is 29.0 Å². The van der Waals surface area contributed by atoms with Crippen LogP contribution in [0.15, 0.2) is 30.7 Å². The van der Waals surface area contributed by atoms with Crippen LogP contribution in [0.2, 0.25) is 0 Å². The fourth-order valence-corrected chi connectivity index (χ4v) is 7.95. The van der Waals surface area contributed by atoms with E-state index in [1.165, 1.54) is 18.6 Å². The molecule has 268 valence electrons. The maximum atomic E-state index is 14.6. The number of hydrogen-bond acceptors (Lipinski definition) is 7. The highest BCUT2D eigenvalue weighted by atomic mass is 16.2. The summed E-state index contributed by atoms with van der Waals surface area (Å²) in [5.41, 5.74) is -0.249. The molecule has 1 saturated heterocycles. The van der Waals surface area contributed by atoms with Crippen LogP contribution in [0.25, 0.3) is 0 Å². The molecule has 4 fully saturated rings. The molecule has 4 aliphatic rings. The Hall–Kier alpha value is -3.83. The van der Waals surface area contributed by atoms with Crippen LogP contribution in [-0.4, -0.2) is 81.2 Å². The highest BCUT2D eigenvalue weighted by molar-refractivity contribution is 5.99. The monoisotopic (exact) mass is 677 g/mol. The van der Waals surface area contributed by atoms with Crippen LogP contribution in [0, 0.1) is 23.2 Å². The molecule has 1 aromatic heterocycles. The smallest absolute Gasteiger partial charge is 0.272 e. The second-order valence-corrected chi connectivity index (χ2v) is 15.7. The Morgan fingerprint density at radius 1 is 0.939 bits per heavy atom. The van der Waals surface area contributed by atoms with Crippen molar-refractivity contribution in [3.05, 3.63) is 36.4 Å². The summed E-state index contributed by atoms with van der Waals surface area (Å²) < 4.78 is 0. The minimum Gasteiger partial charge on any atom is -0.350 e. The Labute approximate surface area is 290 Å². The van der Waals surface area contributed by atoms with Crippen molar-refractivity contribution in [3.63, 3.8) is 0 Å². The van der Waals surface area contributed by atoms with Crippen molar-refractivity contribution in [2.24, 2.45) is 23.2 Å². The number of aromatic nitrogens is 2. The summed E-state index contributed by atoms with van der Waals surface area (Å²) in [6.07, 6.45) is 14.8. The second-order valence-electron chi connectivity index (χ2n) is 15.7. The summed E-state index contributed by atoms with van der Waals surface area (Å²) in [4.78, 5) is 78.9. The minimum absolute atomic E-state index is 0.00244. The van der Waals surface area contributed by atoms with Crippen molar-refractivity contribution < 1.29 is 24.0 Å². The minimum atomic E-state index is -0.945. The largest absolute Gasteiger partial charge is 0.350 e. The van der Waals surface area contributed by atoms with Crippen molar-refractivity contribution in [1.29, 1.82) is 0 Å². The summed E-state index contributed by atoms with van der Waals surface area (Å²) in [5.74, 6) is -1.65. The van der Waals surface area contributed by atoms with Gasteiger partial charge in [0.2, 0.25) is 23.6 Å². The first-order valence-corrected chi connectivity index (χ1v) is 18.4. The van der Waals surface area contributed by atoms with E-state index >= 15 is 0 Å². The number of amides is 5. The molecule has 4 N–H and O–H groups in total. The molecule has 5 rings (SSSR count). The average Bonchev–Trinajstić information content (AvgIpc) is 3.65. The fraction of sp³-hybridized carbons (Fsp3) is 0.703. The van der Waals surface area contributed by atoms with Crippen LogP contribution in [-0.2, 0) is 19.2 Å². The number of fused-ring (bicyclic) bond motifs is 1. The van der Waals surface area contributed by atoms with E-state index in [0.29, 0.717) is 18.5 Å². The van der Waals surface area contributed by atoms with Crippen molar-refractivity contribution in [2.75, 3.05) is 6.54 Å². The Kier molecular flexibility index (Phi) is 11.8. The molecule has 3 saturated carbocycles. The van der Waals surface area contributed by atoms with Gasteiger partial charge in [0.25, 0.3) is 5.91 Å². The van der Waals surface area contributed by atoms with Crippen LogP contribution in [0.5, 0.6) is 0 Å². The van der Waals surface area contributed by atoms with Gasteiger partial charge in [-0.2, -0.15) is 0 Å². The molecule has 0 spiro atoms. The molecule has 0 aromatic carbocycles. The zero-order valence-corrected chi connectivity index (χ0v) is 29.6. The van der Waals surface area contributed by atoms with E-state index in [1.807, 2.05) is 27.7 Å². The predicted molar refractivity (Wildman–Crippen MR) is 185 cm³/mol. The molecular weight excluding hydrogens is 622 g/mol. The Bertz CT molecular complexity index is 1380. The first-order valence-electron chi connectivity index (χ1n) is 18.4. The predicted octanol–water partition coefficient (Wildman–Crippen LogP) is 3.43. The number of carbonyl (C=O) groups excluding carboxylic acids is 5. The van der Waals surface area contributed by atoms with Gasteiger partial charge in [-0.05, 0) is 68.1 Å². The van der Waals surface area contributed by atoms with E-state index in [9.17, 15) is 24.0 Å². The molecule has 1 aromatic rings. The lowest BCUT2D eigenvalue weighted by molar-refractivity contribution is -0.145. The van der Waals surface area contributed by atoms with Crippen LogP contribution < -0.4 is 21.3 Å². The van der Waals surface area contributed by atoms with Crippen LogP contribution in [0.1, 0.15) is 115 Å².